The summed E-state index contributed by atoms with van der Waals surface area (Å²) in [6.45, 7) is 0.525. The molecule has 0 spiro atoms. The largest absolute Gasteiger partial charge is 0.399 e. The van der Waals surface area contributed by atoms with Crippen LogP contribution >= 0.6 is 0 Å². The number of nitrogen functional groups attached to an aromatic ring is 1. The Kier molecular flexibility index (Phi) is 3.75. The molecule has 0 unspecified atom stereocenters. The van der Waals surface area contributed by atoms with Gasteiger partial charge in [-0.15, -0.1) is 0 Å². The second kappa shape index (κ2) is 5.17. The van der Waals surface area contributed by atoms with Gasteiger partial charge in [0, 0.05) is 18.8 Å². The molecule has 0 atom stereocenters. The number of aliphatic hydroxyl groups is 1. The summed E-state index contributed by atoms with van der Waals surface area (Å²) in [5, 5.41) is 18.4. The maximum Gasteiger partial charge on any atom is 0.244 e. The zero-order valence-electron chi connectivity index (χ0n) is 10.3. The molecule has 0 aromatic heterocycles. The molecule has 1 saturated heterocycles. The summed E-state index contributed by atoms with van der Waals surface area (Å²) in [5.41, 5.74) is 5.95. The average Bonchev–Trinajstić information content (AvgIpc) is 2.38. The van der Waals surface area contributed by atoms with Gasteiger partial charge < -0.3 is 10.8 Å². The number of nitrogens with zero attached hydrogens (tertiary/aromatic N) is 2. The van der Waals surface area contributed by atoms with Crippen molar-refractivity contribution in [1.29, 1.82) is 5.26 Å². The molecule has 7 heteroatoms. The second-order valence-corrected chi connectivity index (χ2v) is 6.41. The van der Waals surface area contributed by atoms with Crippen LogP contribution in [0.5, 0.6) is 0 Å². The van der Waals surface area contributed by atoms with Crippen molar-refractivity contribution in [1.82, 2.24) is 4.31 Å². The summed E-state index contributed by atoms with van der Waals surface area (Å²) in [6, 6.07) is 6.03. The summed E-state index contributed by atoms with van der Waals surface area (Å²) in [7, 11) is -3.70. The molecule has 0 saturated carbocycles. The average molecular weight is 281 g/mol. The van der Waals surface area contributed by atoms with Gasteiger partial charge in [-0.05, 0) is 31.0 Å². The van der Waals surface area contributed by atoms with E-state index in [1.165, 1.54) is 22.5 Å². The van der Waals surface area contributed by atoms with Crippen molar-refractivity contribution in [2.24, 2.45) is 0 Å². The van der Waals surface area contributed by atoms with E-state index in [1.54, 1.807) is 0 Å². The predicted molar refractivity (Wildman–Crippen MR) is 69.6 cm³/mol. The lowest BCUT2D eigenvalue weighted by Gasteiger charge is -2.29. The van der Waals surface area contributed by atoms with Crippen molar-refractivity contribution >= 4 is 15.7 Å². The number of nitriles is 1. The van der Waals surface area contributed by atoms with Crippen LogP contribution in [0.4, 0.5) is 5.69 Å². The number of sulfonamides is 1. The summed E-state index contributed by atoms with van der Waals surface area (Å²) in [6.07, 6.45) is 0.375. The molecule has 0 amide bonds. The lowest BCUT2D eigenvalue weighted by Crippen LogP contribution is -2.40. The van der Waals surface area contributed by atoms with Gasteiger partial charge in [-0.1, -0.05) is 0 Å². The molecule has 0 radical (unpaired) electrons. The van der Waals surface area contributed by atoms with Crippen molar-refractivity contribution in [3.05, 3.63) is 23.8 Å². The van der Waals surface area contributed by atoms with Crippen LogP contribution in [0.2, 0.25) is 0 Å². The third-order valence-corrected chi connectivity index (χ3v) is 5.12. The van der Waals surface area contributed by atoms with Gasteiger partial charge in [0.1, 0.15) is 11.0 Å². The van der Waals surface area contributed by atoms with Crippen LogP contribution in [0.15, 0.2) is 23.1 Å². The van der Waals surface area contributed by atoms with Crippen molar-refractivity contribution < 1.29 is 13.5 Å². The highest BCUT2D eigenvalue weighted by atomic mass is 32.2. The van der Waals surface area contributed by atoms with Crippen LogP contribution in [-0.4, -0.2) is 37.0 Å². The van der Waals surface area contributed by atoms with E-state index in [0.717, 1.165) is 0 Å². The van der Waals surface area contributed by atoms with Crippen LogP contribution < -0.4 is 5.73 Å². The minimum atomic E-state index is -3.70. The number of hydrogen-bond acceptors (Lipinski definition) is 5. The Balaban J connectivity index is 2.38. The minimum Gasteiger partial charge on any atom is -0.399 e. The first kappa shape index (κ1) is 13.8. The van der Waals surface area contributed by atoms with Crippen LogP contribution in [0, 0.1) is 11.3 Å². The van der Waals surface area contributed by atoms with E-state index in [1.807, 2.05) is 6.07 Å². The minimum absolute atomic E-state index is 0.0272. The molecule has 1 aromatic carbocycles. The number of hydrogen-bond donors (Lipinski definition) is 2. The van der Waals surface area contributed by atoms with Crippen LogP contribution in [-0.2, 0) is 10.0 Å². The summed E-state index contributed by atoms with van der Waals surface area (Å²) >= 11 is 0. The molecule has 0 aliphatic carbocycles. The first-order valence-corrected chi connectivity index (χ1v) is 7.37. The first-order chi connectivity index (χ1) is 8.95. The molecule has 1 aliphatic heterocycles. The SMILES string of the molecule is N#Cc1cc(N)ccc1S(=O)(=O)N1CCC(O)CC1. The van der Waals surface area contributed by atoms with E-state index in [0.29, 0.717) is 18.5 Å². The lowest BCUT2D eigenvalue weighted by molar-refractivity contribution is 0.113. The fourth-order valence-corrected chi connectivity index (χ4v) is 3.67. The zero-order chi connectivity index (χ0) is 14.0. The highest BCUT2D eigenvalue weighted by Crippen LogP contribution is 2.24. The Bertz CT molecular complexity index is 614. The number of benzene rings is 1. The molecule has 0 bridgehead atoms. The van der Waals surface area contributed by atoms with Crippen molar-refractivity contribution in [3.8, 4) is 6.07 Å². The molecular formula is C12H15N3O3S. The predicted octanol–water partition coefficient (Wildman–Crippen LogP) is 0.286. The van der Waals surface area contributed by atoms with E-state index in [-0.39, 0.29) is 23.5 Å². The van der Waals surface area contributed by atoms with Gasteiger partial charge in [-0.3, -0.25) is 0 Å². The van der Waals surface area contributed by atoms with Crippen LogP contribution in [0.25, 0.3) is 0 Å². The highest BCUT2D eigenvalue weighted by molar-refractivity contribution is 7.89. The molecule has 2 rings (SSSR count). The Morgan fingerprint density at radius 2 is 2.00 bits per heavy atom. The zero-order valence-corrected chi connectivity index (χ0v) is 11.1. The summed E-state index contributed by atoms with van der Waals surface area (Å²) in [4.78, 5) is -0.0272. The van der Waals surface area contributed by atoms with Gasteiger partial charge in [-0.2, -0.15) is 9.57 Å². The highest BCUT2D eigenvalue weighted by Gasteiger charge is 2.30. The Hall–Kier alpha value is -1.62. The maximum absolute atomic E-state index is 12.4. The molecule has 1 fully saturated rings. The van der Waals surface area contributed by atoms with Gasteiger partial charge in [0.05, 0.1) is 11.7 Å². The van der Waals surface area contributed by atoms with Gasteiger partial charge in [0.2, 0.25) is 10.0 Å². The Labute approximate surface area is 112 Å². The van der Waals surface area contributed by atoms with Crippen molar-refractivity contribution in [2.75, 3.05) is 18.8 Å². The molecule has 102 valence electrons. The molecule has 6 nitrogen and oxygen atoms in total. The maximum atomic E-state index is 12.4. The van der Waals surface area contributed by atoms with E-state index in [4.69, 9.17) is 11.0 Å². The molecule has 1 aromatic rings. The smallest absolute Gasteiger partial charge is 0.244 e. The number of rotatable bonds is 2. The molecule has 3 N–H and O–H groups in total. The van der Waals surface area contributed by atoms with Gasteiger partial charge in [0.15, 0.2) is 0 Å². The van der Waals surface area contributed by atoms with Crippen LogP contribution in [0.3, 0.4) is 0 Å². The normalized spacial score (nSPS) is 18.1. The third-order valence-electron chi connectivity index (χ3n) is 3.17. The standard InChI is InChI=1S/C12H15N3O3S/c13-8-9-7-10(14)1-2-12(9)19(17,18)15-5-3-11(16)4-6-15/h1-2,7,11,16H,3-6,14H2. The second-order valence-electron chi connectivity index (χ2n) is 4.50. The number of nitrogens with two attached hydrogens (primary N) is 1. The third kappa shape index (κ3) is 2.71. The Morgan fingerprint density at radius 1 is 1.37 bits per heavy atom. The Morgan fingerprint density at radius 3 is 2.58 bits per heavy atom. The van der Waals surface area contributed by atoms with Crippen LogP contribution in [0.1, 0.15) is 18.4 Å². The van der Waals surface area contributed by atoms with Gasteiger partial charge in [0.25, 0.3) is 0 Å². The summed E-state index contributed by atoms with van der Waals surface area (Å²) in [5.74, 6) is 0. The molecule has 19 heavy (non-hydrogen) atoms. The number of aliphatic hydroxyl groups excluding tert-OH is 1. The number of anilines is 1. The molecule has 1 aliphatic rings. The van der Waals surface area contributed by atoms with Gasteiger partial charge >= 0.3 is 0 Å². The monoisotopic (exact) mass is 281 g/mol. The summed E-state index contributed by atoms with van der Waals surface area (Å²) < 4.78 is 26.2. The van der Waals surface area contributed by atoms with Crippen molar-refractivity contribution in [3.63, 3.8) is 0 Å². The van der Waals surface area contributed by atoms with E-state index in [2.05, 4.69) is 0 Å². The van der Waals surface area contributed by atoms with E-state index in [9.17, 15) is 13.5 Å². The number of piperidine rings is 1. The fraction of sp³-hybridized carbons (Fsp3) is 0.417. The quantitative estimate of drug-likeness (QED) is 0.757. The topological polar surface area (TPSA) is 107 Å². The lowest BCUT2D eigenvalue weighted by atomic mass is 10.1. The fourth-order valence-electron chi connectivity index (χ4n) is 2.08. The van der Waals surface area contributed by atoms with E-state index < -0.39 is 16.1 Å². The molecule has 1 heterocycles. The van der Waals surface area contributed by atoms with Gasteiger partial charge in [-0.25, -0.2) is 8.42 Å². The molecular weight excluding hydrogens is 266 g/mol. The van der Waals surface area contributed by atoms with Crippen molar-refractivity contribution in [2.45, 2.75) is 23.8 Å². The first-order valence-electron chi connectivity index (χ1n) is 5.93. The van der Waals surface area contributed by atoms with E-state index >= 15 is 0 Å².